The Morgan fingerprint density at radius 3 is 2.36 bits per heavy atom. The average molecular weight is 340 g/mol. The van der Waals surface area contributed by atoms with Gasteiger partial charge in [0.2, 0.25) is 5.91 Å². The van der Waals surface area contributed by atoms with Gasteiger partial charge in [-0.15, -0.1) is 0 Å². The lowest BCUT2D eigenvalue weighted by Gasteiger charge is -2.14. The summed E-state index contributed by atoms with van der Waals surface area (Å²) in [4.78, 5) is 23.5. The molecule has 5 heteroatoms. The van der Waals surface area contributed by atoms with Crippen molar-refractivity contribution in [1.82, 2.24) is 0 Å². The Kier molecular flexibility index (Phi) is 6.57. The molecule has 2 aromatic rings. The summed E-state index contributed by atoms with van der Waals surface area (Å²) in [6.07, 6.45) is 0.352. The van der Waals surface area contributed by atoms with Crippen LogP contribution < -0.4 is 10.6 Å². The third kappa shape index (κ3) is 5.35. The Morgan fingerprint density at radius 1 is 1.04 bits per heavy atom. The molecule has 0 radical (unpaired) electrons. The number of carbonyl (C=O) groups excluding carboxylic acids is 2. The van der Waals surface area contributed by atoms with Crippen molar-refractivity contribution in [3.63, 3.8) is 0 Å². The molecule has 0 unspecified atom stereocenters. The molecule has 5 nitrogen and oxygen atoms in total. The Hall–Kier alpha value is -2.82. The second-order valence-electron chi connectivity index (χ2n) is 6.04. The van der Waals surface area contributed by atoms with E-state index in [2.05, 4.69) is 29.2 Å². The van der Waals surface area contributed by atoms with Crippen molar-refractivity contribution in [3.8, 4) is 0 Å². The van der Waals surface area contributed by atoms with Crippen molar-refractivity contribution < 1.29 is 14.3 Å². The van der Waals surface area contributed by atoms with Gasteiger partial charge < -0.3 is 15.4 Å². The topological polar surface area (TPSA) is 67.4 Å². The molecule has 2 N–H and O–H groups in total. The van der Waals surface area contributed by atoms with E-state index >= 15 is 0 Å². The fraction of sp³-hybridized carbons (Fsp3) is 0.300. The maximum Gasteiger partial charge on any atom is 0.337 e. The van der Waals surface area contributed by atoms with Crippen LogP contribution in [0.3, 0.4) is 0 Å². The van der Waals surface area contributed by atoms with Crippen molar-refractivity contribution in [2.75, 3.05) is 24.3 Å². The molecule has 0 saturated carbocycles. The SMILES string of the molecule is COC(=O)c1ccc(NCCC(=O)Nc2ccccc2C(C)C)cc1. The van der Waals surface area contributed by atoms with Gasteiger partial charge in [-0.1, -0.05) is 32.0 Å². The number of anilines is 2. The molecule has 0 atom stereocenters. The van der Waals surface area contributed by atoms with Gasteiger partial charge in [0.25, 0.3) is 0 Å². The molecule has 0 bridgehead atoms. The summed E-state index contributed by atoms with van der Waals surface area (Å²) < 4.78 is 4.66. The minimum absolute atomic E-state index is 0.0354. The zero-order valence-electron chi connectivity index (χ0n) is 14.8. The molecule has 0 heterocycles. The van der Waals surface area contributed by atoms with Crippen LogP contribution in [0.1, 0.15) is 42.1 Å². The van der Waals surface area contributed by atoms with E-state index in [-0.39, 0.29) is 11.9 Å². The van der Waals surface area contributed by atoms with Gasteiger partial charge in [-0.3, -0.25) is 4.79 Å². The second kappa shape index (κ2) is 8.87. The third-order valence-electron chi connectivity index (χ3n) is 3.84. The molecule has 2 aromatic carbocycles. The van der Waals surface area contributed by atoms with Crippen LogP contribution in [0, 0.1) is 0 Å². The monoisotopic (exact) mass is 340 g/mol. The summed E-state index contributed by atoms with van der Waals surface area (Å²) in [5.74, 6) is -0.0514. The molecule has 0 spiro atoms. The molecule has 0 fully saturated rings. The van der Waals surface area contributed by atoms with E-state index in [1.807, 2.05) is 24.3 Å². The van der Waals surface area contributed by atoms with Crippen molar-refractivity contribution in [1.29, 1.82) is 0 Å². The summed E-state index contributed by atoms with van der Waals surface area (Å²) in [7, 11) is 1.35. The Labute approximate surface area is 148 Å². The highest BCUT2D eigenvalue weighted by atomic mass is 16.5. The molecule has 0 saturated heterocycles. The van der Waals surface area contributed by atoms with Crippen LogP contribution in [-0.4, -0.2) is 25.5 Å². The number of benzene rings is 2. The predicted octanol–water partition coefficient (Wildman–Crippen LogP) is 4.04. The van der Waals surface area contributed by atoms with E-state index in [9.17, 15) is 9.59 Å². The molecular weight excluding hydrogens is 316 g/mol. The predicted molar refractivity (Wildman–Crippen MR) is 100 cm³/mol. The lowest BCUT2D eigenvalue weighted by molar-refractivity contribution is -0.115. The summed E-state index contributed by atoms with van der Waals surface area (Å²) in [5, 5.41) is 6.14. The quantitative estimate of drug-likeness (QED) is 0.747. The average Bonchev–Trinajstić information content (AvgIpc) is 2.62. The Morgan fingerprint density at radius 2 is 1.72 bits per heavy atom. The van der Waals surface area contributed by atoms with Crippen molar-refractivity contribution >= 4 is 23.3 Å². The largest absolute Gasteiger partial charge is 0.465 e. The molecule has 1 amide bonds. The highest BCUT2D eigenvalue weighted by Crippen LogP contribution is 2.23. The van der Waals surface area contributed by atoms with Gasteiger partial charge in [0.15, 0.2) is 0 Å². The number of ether oxygens (including phenoxy) is 1. The number of para-hydroxylation sites is 1. The molecule has 0 aromatic heterocycles. The highest BCUT2D eigenvalue weighted by molar-refractivity contribution is 5.92. The zero-order valence-corrected chi connectivity index (χ0v) is 14.8. The molecule has 2 rings (SSSR count). The molecular formula is C20H24N2O3. The van der Waals surface area contributed by atoms with Crippen LogP contribution in [0.5, 0.6) is 0 Å². The molecule has 0 aliphatic rings. The van der Waals surface area contributed by atoms with E-state index in [1.54, 1.807) is 24.3 Å². The number of amides is 1. The van der Waals surface area contributed by atoms with Crippen molar-refractivity contribution in [2.24, 2.45) is 0 Å². The third-order valence-corrected chi connectivity index (χ3v) is 3.84. The minimum atomic E-state index is -0.366. The number of esters is 1. The summed E-state index contributed by atoms with van der Waals surface area (Å²) in [6, 6.07) is 14.8. The Bertz CT molecular complexity index is 724. The van der Waals surface area contributed by atoms with Crippen molar-refractivity contribution in [3.05, 3.63) is 59.7 Å². The maximum atomic E-state index is 12.1. The summed E-state index contributed by atoms with van der Waals surface area (Å²) in [5.41, 5.74) is 3.34. The van der Waals surface area contributed by atoms with Crippen LogP contribution in [-0.2, 0) is 9.53 Å². The number of hydrogen-bond donors (Lipinski definition) is 2. The smallest absolute Gasteiger partial charge is 0.337 e. The fourth-order valence-corrected chi connectivity index (χ4v) is 2.49. The van der Waals surface area contributed by atoms with Crippen LogP contribution >= 0.6 is 0 Å². The first-order chi connectivity index (χ1) is 12.0. The van der Waals surface area contributed by atoms with E-state index in [0.717, 1.165) is 16.9 Å². The number of hydrogen-bond acceptors (Lipinski definition) is 4. The Balaban J connectivity index is 1.84. The first-order valence-corrected chi connectivity index (χ1v) is 8.32. The zero-order chi connectivity index (χ0) is 18.2. The van der Waals surface area contributed by atoms with Crippen LogP contribution in [0.15, 0.2) is 48.5 Å². The summed E-state index contributed by atoms with van der Waals surface area (Å²) in [6.45, 7) is 4.71. The van der Waals surface area contributed by atoms with Gasteiger partial charge in [0.05, 0.1) is 12.7 Å². The van der Waals surface area contributed by atoms with Crippen LogP contribution in [0.25, 0.3) is 0 Å². The van der Waals surface area contributed by atoms with Gasteiger partial charge >= 0.3 is 5.97 Å². The second-order valence-corrected chi connectivity index (χ2v) is 6.04. The standard InChI is InChI=1S/C20H24N2O3/c1-14(2)17-6-4-5-7-18(17)22-19(23)12-13-21-16-10-8-15(9-11-16)20(24)25-3/h4-11,14,21H,12-13H2,1-3H3,(H,22,23). The molecule has 0 aliphatic carbocycles. The number of nitrogens with one attached hydrogen (secondary N) is 2. The first kappa shape index (κ1) is 18.5. The van der Waals surface area contributed by atoms with E-state index in [4.69, 9.17) is 0 Å². The maximum absolute atomic E-state index is 12.1. The normalized spacial score (nSPS) is 10.4. The molecule has 0 aliphatic heterocycles. The van der Waals surface area contributed by atoms with Gasteiger partial charge in [-0.05, 0) is 41.8 Å². The molecule has 25 heavy (non-hydrogen) atoms. The van der Waals surface area contributed by atoms with Crippen LogP contribution in [0.2, 0.25) is 0 Å². The van der Waals surface area contributed by atoms with E-state index in [0.29, 0.717) is 24.4 Å². The lowest BCUT2D eigenvalue weighted by Crippen LogP contribution is -2.17. The van der Waals surface area contributed by atoms with E-state index in [1.165, 1.54) is 7.11 Å². The van der Waals surface area contributed by atoms with Crippen LogP contribution in [0.4, 0.5) is 11.4 Å². The van der Waals surface area contributed by atoms with Gasteiger partial charge in [-0.25, -0.2) is 4.79 Å². The highest BCUT2D eigenvalue weighted by Gasteiger charge is 2.09. The fourth-order valence-electron chi connectivity index (χ4n) is 2.49. The minimum Gasteiger partial charge on any atom is -0.465 e. The summed E-state index contributed by atoms with van der Waals surface area (Å²) >= 11 is 0. The van der Waals surface area contributed by atoms with Gasteiger partial charge in [0.1, 0.15) is 0 Å². The number of methoxy groups -OCH3 is 1. The van der Waals surface area contributed by atoms with Crippen molar-refractivity contribution in [2.45, 2.75) is 26.2 Å². The van der Waals surface area contributed by atoms with Gasteiger partial charge in [-0.2, -0.15) is 0 Å². The number of carbonyl (C=O) groups is 2. The lowest BCUT2D eigenvalue weighted by atomic mass is 10.0. The van der Waals surface area contributed by atoms with Gasteiger partial charge in [0, 0.05) is 24.3 Å². The first-order valence-electron chi connectivity index (χ1n) is 8.32. The number of rotatable bonds is 7. The molecule has 132 valence electrons. The van der Waals surface area contributed by atoms with E-state index < -0.39 is 0 Å².